The smallest absolute Gasteiger partial charge is 0.0786 e. The van der Waals surface area contributed by atoms with Crippen LogP contribution in [0.4, 0.5) is 17.1 Å². The first-order valence-corrected chi connectivity index (χ1v) is 22.2. The maximum absolute atomic E-state index is 4.90. The molecule has 0 unspecified atom stereocenters. The van der Waals surface area contributed by atoms with Crippen LogP contribution in [0.25, 0.3) is 109 Å². The molecule has 0 saturated carbocycles. The highest BCUT2D eigenvalue weighted by Crippen LogP contribution is 2.42. The lowest BCUT2D eigenvalue weighted by Crippen LogP contribution is -2.10. The van der Waals surface area contributed by atoms with Gasteiger partial charge in [-0.2, -0.15) is 0 Å². The number of pyridine rings is 2. The van der Waals surface area contributed by atoms with E-state index in [0.29, 0.717) is 0 Å². The lowest BCUT2D eigenvalue weighted by atomic mass is 9.95. The third-order valence-electron chi connectivity index (χ3n) is 13.3. The third-order valence-corrected chi connectivity index (χ3v) is 13.3. The molecule has 0 bridgehead atoms. The van der Waals surface area contributed by atoms with Gasteiger partial charge >= 0.3 is 0 Å². The Kier molecular flexibility index (Phi) is 8.53. The number of anilines is 3. The molecule has 0 aliphatic heterocycles. The van der Waals surface area contributed by atoms with Gasteiger partial charge in [-0.1, -0.05) is 152 Å². The largest absolute Gasteiger partial charge is 0.310 e. The number of hydrogen-bond acceptors (Lipinski definition) is 3. The topological polar surface area (TPSA) is 29.0 Å². The first-order valence-electron chi connectivity index (χ1n) is 22.2. The summed E-state index contributed by atoms with van der Waals surface area (Å²) in [7, 11) is 0. The fourth-order valence-corrected chi connectivity index (χ4v) is 10.1. The van der Waals surface area contributed by atoms with Gasteiger partial charge in [0.15, 0.2) is 0 Å². The molecule has 0 atom stereocenters. The van der Waals surface area contributed by atoms with Crippen LogP contribution in [-0.4, -0.2) is 9.97 Å². The van der Waals surface area contributed by atoms with Gasteiger partial charge in [0.25, 0.3) is 0 Å². The molecule has 0 N–H and O–H groups in total. The second-order valence-corrected chi connectivity index (χ2v) is 17.0. The van der Waals surface area contributed by atoms with Crippen molar-refractivity contribution in [1.29, 1.82) is 0 Å². The van der Waals surface area contributed by atoms with Crippen LogP contribution in [-0.2, 0) is 0 Å². The summed E-state index contributed by atoms with van der Waals surface area (Å²) in [5, 5.41) is 14.6. The van der Waals surface area contributed by atoms with Crippen molar-refractivity contribution >= 4 is 92.7 Å². The second-order valence-electron chi connectivity index (χ2n) is 17.0. The highest BCUT2D eigenvalue weighted by Gasteiger charge is 2.17. The number of aromatic nitrogens is 2. The maximum atomic E-state index is 4.90. The first-order chi connectivity index (χ1) is 32.2. The van der Waals surface area contributed by atoms with E-state index in [4.69, 9.17) is 9.97 Å². The Hall–Kier alpha value is -8.66. The van der Waals surface area contributed by atoms with Crippen LogP contribution in [0.3, 0.4) is 0 Å². The Labute approximate surface area is 376 Å². The Morgan fingerprint density at radius 2 is 0.631 bits per heavy atom. The van der Waals surface area contributed by atoms with Crippen molar-refractivity contribution in [2.75, 3.05) is 4.90 Å². The number of rotatable bonds is 6. The minimum Gasteiger partial charge on any atom is -0.310 e. The van der Waals surface area contributed by atoms with E-state index < -0.39 is 0 Å². The standard InChI is InChI=1S/C62H39N3/c1-2-10-43-35-44(18-17-40(43)9-1)45-25-31-55-48(36-45)19-20-49-37-52(30-32-56(49)55)65(50-26-21-41(22-27-50)59-38-46-11-3-5-13-53(46)57-15-7-33-63-61(57)59)51-28-23-42(24-29-51)60-39-47-12-4-6-14-54(47)58-16-8-34-64-62(58)60/h1-39H. The molecule has 302 valence electrons. The number of fused-ring (bicyclic) bond motifs is 10. The quantitative estimate of drug-likeness (QED) is 0.156. The van der Waals surface area contributed by atoms with Crippen molar-refractivity contribution in [2.24, 2.45) is 0 Å². The third kappa shape index (κ3) is 6.28. The van der Waals surface area contributed by atoms with Gasteiger partial charge in [-0.3, -0.25) is 9.97 Å². The highest BCUT2D eigenvalue weighted by atomic mass is 15.1. The van der Waals surface area contributed by atoms with E-state index in [9.17, 15) is 0 Å². The molecule has 0 aliphatic carbocycles. The van der Waals surface area contributed by atoms with Crippen LogP contribution in [0.2, 0.25) is 0 Å². The Bertz CT molecular complexity index is 3840. The van der Waals surface area contributed by atoms with Crippen molar-refractivity contribution in [3.63, 3.8) is 0 Å². The molecular weight excluding hydrogens is 787 g/mol. The van der Waals surface area contributed by atoms with E-state index >= 15 is 0 Å². The van der Waals surface area contributed by atoms with Gasteiger partial charge in [-0.25, -0.2) is 0 Å². The molecule has 2 aromatic heterocycles. The summed E-state index contributed by atoms with van der Waals surface area (Å²) in [6.45, 7) is 0. The summed E-state index contributed by atoms with van der Waals surface area (Å²) >= 11 is 0. The fraction of sp³-hybridized carbons (Fsp3) is 0. The molecule has 0 amide bonds. The zero-order valence-corrected chi connectivity index (χ0v) is 35.4. The molecular formula is C62H39N3. The molecule has 2 heterocycles. The Morgan fingerprint density at radius 1 is 0.246 bits per heavy atom. The summed E-state index contributed by atoms with van der Waals surface area (Å²) in [5.41, 5.74) is 12.2. The number of benzene rings is 11. The lowest BCUT2D eigenvalue weighted by molar-refractivity contribution is 1.29. The monoisotopic (exact) mass is 825 g/mol. The number of nitrogens with zero attached hydrogens (tertiary/aromatic N) is 3. The average molecular weight is 826 g/mol. The SMILES string of the molecule is c1ccc2cc(-c3ccc4c(ccc5cc(N(c6ccc(-c7cc8ccccc8c8cccnc78)cc6)c6ccc(-c7cc8ccccc8c8cccnc78)cc6)ccc54)c3)ccc2c1. The highest BCUT2D eigenvalue weighted by molar-refractivity contribution is 6.14. The maximum Gasteiger partial charge on any atom is 0.0786 e. The van der Waals surface area contributed by atoms with Crippen LogP contribution >= 0.6 is 0 Å². The van der Waals surface area contributed by atoms with Crippen LogP contribution in [0.1, 0.15) is 0 Å². The average Bonchev–Trinajstić information content (AvgIpc) is 3.38. The molecule has 65 heavy (non-hydrogen) atoms. The predicted molar refractivity (Wildman–Crippen MR) is 276 cm³/mol. The summed E-state index contributed by atoms with van der Waals surface area (Å²) in [6, 6.07) is 81.6. The summed E-state index contributed by atoms with van der Waals surface area (Å²) in [6.07, 6.45) is 3.79. The summed E-state index contributed by atoms with van der Waals surface area (Å²) in [4.78, 5) is 12.2. The van der Waals surface area contributed by atoms with Crippen LogP contribution < -0.4 is 4.90 Å². The lowest BCUT2D eigenvalue weighted by Gasteiger charge is -2.26. The summed E-state index contributed by atoms with van der Waals surface area (Å²) in [5.74, 6) is 0. The van der Waals surface area contributed by atoms with Crippen molar-refractivity contribution < 1.29 is 0 Å². The fourth-order valence-electron chi connectivity index (χ4n) is 10.1. The second kappa shape index (κ2) is 15.0. The zero-order chi connectivity index (χ0) is 42.8. The van der Waals surface area contributed by atoms with E-state index in [1.807, 2.05) is 24.5 Å². The van der Waals surface area contributed by atoms with Gasteiger partial charge < -0.3 is 4.90 Å². The molecule has 13 rings (SSSR count). The molecule has 0 fully saturated rings. The van der Waals surface area contributed by atoms with Gasteiger partial charge in [0.2, 0.25) is 0 Å². The molecule has 11 aromatic carbocycles. The molecule has 0 radical (unpaired) electrons. The summed E-state index contributed by atoms with van der Waals surface area (Å²) < 4.78 is 0. The molecule has 3 heteroatoms. The Morgan fingerprint density at radius 3 is 1.22 bits per heavy atom. The van der Waals surface area contributed by atoms with E-state index in [1.165, 1.54) is 65.0 Å². The minimum atomic E-state index is 1.01. The number of hydrogen-bond donors (Lipinski definition) is 0. The van der Waals surface area contributed by atoms with Gasteiger partial charge in [0.05, 0.1) is 11.0 Å². The van der Waals surface area contributed by atoms with Gasteiger partial charge in [0, 0.05) is 51.4 Å². The van der Waals surface area contributed by atoms with Crippen LogP contribution in [0.5, 0.6) is 0 Å². The van der Waals surface area contributed by atoms with E-state index in [-0.39, 0.29) is 0 Å². The minimum absolute atomic E-state index is 1.01. The Balaban J connectivity index is 0.926. The van der Waals surface area contributed by atoms with Crippen LogP contribution in [0, 0.1) is 0 Å². The zero-order valence-electron chi connectivity index (χ0n) is 35.4. The predicted octanol–water partition coefficient (Wildman–Crippen LogP) is 17.0. The molecule has 0 aliphatic rings. The first kappa shape index (κ1) is 36.9. The molecule has 0 saturated heterocycles. The van der Waals surface area contributed by atoms with Crippen molar-refractivity contribution in [3.05, 3.63) is 237 Å². The van der Waals surface area contributed by atoms with Crippen molar-refractivity contribution in [1.82, 2.24) is 9.97 Å². The van der Waals surface area contributed by atoms with Gasteiger partial charge in [0.1, 0.15) is 0 Å². The molecule has 3 nitrogen and oxygen atoms in total. The van der Waals surface area contributed by atoms with Gasteiger partial charge in [-0.15, -0.1) is 0 Å². The van der Waals surface area contributed by atoms with Crippen LogP contribution in [0.15, 0.2) is 237 Å². The van der Waals surface area contributed by atoms with Gasteiger partial charge in [-0.05, 0) is 149 Å². The van der Waals surface area contributed by atoms with E-state index in [0.717, 1.165) is 61.1 Å². The molecule has 13 aromatic rings. The van der Waals surface area contributed by atoms with Crippen molar-refractivity contribution in [2.45, 2.75) is 0 Å². The van der Waals surface area contributed by atoms with E-state index in [2.05, 4.69) is 217 Å². The van der Waals surface area contributed by atoms with Crippen molar-refractivity contribution in [3.8, 4) is 33.4 Å². The van der Waals surface area contributed by atoms with E-state index in [1.54, 1.807) is 0 Å². The normalized spacial score (nSPS) is 11.7. The molecule has 0 spiro atoms.